The van der Waals surface area contributed by atoms with E-state index >= 15 is 0 Å². The minimum Gasteiger partial charge on any atom is -0.370 e. The van der Waals surface area contributed by atoms with E-state index in [2.05, 4.69) is 46.4 Å². The fourth-order valence-electron chi connectivity index (χ4n) is 1.56. The van der Waals surface area contributed by atoms with Gasteiger partial charge in [0.25, 0.3) is 0 Å². The summed E-state index contributed by atoms with van der Waals surface area (Å²) in [5.41, 5.74) is 7.96. The summed E-state index contributed by atoms with van der Waals surface area (Å²) in [7, 11) is 5.91. The van der Waals surface area contributed by atoms with Crippen molar-refractivity contribution in [2.45, 2.75) is 12.3 Å². The van der Waals surface area contributed by atoms with Gasteiger partial charge < -0.3 is 16.0 Å². The number of rotatable bonds is 7. The number of thioether (sulfide) groups is 1. The summed E-state index contributed by atoms with van der Waals surface area (Å²) < 4.78 is 0. The van der Waals surface area contributed by atoms with Crippen molar-refractivity contribution in [3.63, 3.8) is 0 Å². The van der Waals surface area contributed by atoms with Crippen LogP contribution in [0.2, 0.25) is 0 Å². The lowest BCUT2D eigenvalue weighted by Crippen LogP contribution is -2.28. The molecule has 0 unspecified atom stereocenters. The molecule has 19 heavy (non-hydrogen) atoms. The van der Waals surface area contributed by atoms with E-state index in [1.54, 1.807) is 7.05 Å². The molecule has 0 saturated heterocycles. The number of nitrogens with zero attached hydrogens (tertiary/aromatic N) is 3. The van der Waals surface area contributed by atoms with Crippen LogP contribution in [0.4, 0.5) is 0 Å². The lowest BCUT2D eigenvalue weighted by Gasteiger charge is -2.10. The number of guanidine groups is 1. The van der Waals surface area contributed by atoms with Gasteiger partial charge in [-0.3, -0.25) is 9.98 Å². The van der Waals surface area contributed by atoms with Gasteiger partial charge in [-0.15, -0.1) is 0 Å². The maximum atomic E-state index is 5.55. The van der Waals surface area contributed by atoms with E-state index < -0.39 is 0 Å². The molecule has 0 saturated carbocycles. The Morgan fingerprint density at radius 3 is 3.00 bits per heavy atom. The second-order valence-electron chi connectivity index (χ2n) is 4.46. The van der Waals surface area contributed by atoms with Crippen molar-refractivity contribution in [3.05, 3.63) is 29.6 Å². The van der Waals surface area contributed by atoms with Crippen molar-refractivity contribution < 1.29 is 0 Å². The van der Waals surface area contributed by atoms with Gasteiger partial charge in [-0.2, -0.15) is 11.8 Å². The van der Waals surface area contributed by atoms with Crippen molar-refractivity contribution in [2.24, 2.45) is 10.7 Å². The molecule has 0 aliphatic carbocycles. The second kappa shape index (κ2) is 8.77. The highest BCUT2D eigenvalue weighted by Crippen LogP contribution is 2.12. The van der Waals surface area contributed by atoms with Crippen LogP contribution >= 0.6 is 11.8 Å². The number of nitrogens with two attached hydrogens (primary N) is 1. The number of nitrogens with one attached hydrogen (secondary N) is 1. The first kappa shape index (κ1) is 15.8. The second-order valence-corrected chi connectivity index (χ2v) is 5.57. The van der Waals surface area contributed by atoms with Crippen LogP contribution in [-0.2, 0) is 12.3 Å². The van der Waals surface area contributed by atoms with Gasteiger partial charge in [0.15, 0.2) is 5.96 Å². The molecule has 3 N–H and O–H groups in total. The van der Waals surface area contributed by atoms with Crippen molar-refractivity contribution in [1.82, 2.24) is 15.2 Å². The van der Waals surface area contributed by atoms with E-state index in [0.717, 1.165) is 30.3 Å². The number of pyridine rings is 1. The molecule has 0 amide bonds. The van der Waals surface area contributed by atoms with Gasteiger partial charge in [-0.1, -0.05) is 0 Å². The zero-order valence-electron chi connectivity index (χ0n) is 11.9. The van der Waals surface area contributed by atoms with Gasteiger partial charge in [0.2, 0.25) is 0 Å². The van der Waals surface area contributed by atoms with Crippen LogP contribution in [0.5, 0.6) is 0 Å². The number of aliphatic imine (C=N–C) groups is 1. The Balaban J connectivity index is 2.33. The van der Waals surface area contributed by atoms with Crippen molar-refractivity contribution in [2.75, 3.05) is 33.4 Å². The molecule has 1 heterocycles. The van der Waals surface area contributed by atoms with Crippen LogP contribution in [0.15, 0.2) is 23.3 Å². The standard InChI is InChI=1S/C13H23N5S/c1-15-13(14)17-6-7-19-10-12-8-11(4-5-16-12)9-18(2)3/h4-5,8H,6-7,9-10H2,1-3H3,(H3,14,15,17). The first-order valence-corrected chi connectivity index (χ1v) is 7.41. The topological polar surface area (TPSA) is 66.5 Å². The molecule has 1 aromatic heterocycles. The van der Waals surface area contributed by atoms with Gasteiger partial charge in [0.05, 0.1) is 12.2 Å². The Kier molecular flexibility index (Phi) is 7.28. The van der Waals surface area contributed by atoms with E-state index in [1.807, 2.05) is 18.0 Å². The predicted molar refractivity (Wildman–Crippen MR) is 83.3 cm³/mol. The SMILES string of the molecule is CN/C(N)=N\CCSCc1cc(CN(C)C)ccn1. The Labute approximate surface area is 119 Å². The van der Waals surface area contributed by atoms with Gasteiger partial charge in [-0.05, 0) is 31.8 Å². The van der Waals surface area contributed by atoms with Crippen LogP contribution < -0.4 is 11.1 Å². The Morgan fingerprint density at radius 2 is 2.32 bits per heavy atom. The van der Waals surface area contributed by atoms with Crippen molar-refractivity contribution >= 4 is 17.7 Å². The molecule has 0 aliphatic heterocycles. The van der Waals surface area contributed by atoms with E-state index in [0.29, 0.717) is 5.96 Å². The Morgan fingerprint density at radius 1 is 1.53 bits per heavy atom. The third-order valence-corrected chi connectivity index (χ3v) is 3.37. The highest BCUT2D eigenvalue weighted by Gasteiger charge is 1.99. The Bertz CT molecular complexity index is 406. The lowest BCUT2D eigenvalue weighted by molar-refractivity contribution is 0.402. The maximum Gasteiger partial charge on any atom is 0.188 e. The summed E-state index contributed by atoms with van der Waals surface area (Å²) in [6.45, 7) is 1.68. The average Bonchev–Trinajstić information content (AvgIpc) is 2.37. The first-order valence-electron chi connectivity index (χ1n) is 6.25. The quantitative estimate of drug-likeness (QED) is 0.442. The zero-order valence-corrected chi connectivity index (χ0v) is 12.7. The molecular formula is C13H23N5S. The highest BCUT2D eigenvalue weighted by atomic mass is 32.2. The molecule has 6 heteroatoms. The average molecular weight is 281 g/mol. The van der Waals surface area contributed by atoms with Gasteiger partial charge in [-0.25, -0.2) is 0 Å². The van der Waals surface area contributed by atoms with Gasteiger partial charge in [0.1, 0.15) is 0 Å². The minimum atomic E-state index is 0.492. The highest BCUT2D eigenvalue weighted by molar-refractivity contribution is 7.98. The maximum absolute atomic E-state index is 5.55. The largest absolute Gasteiger partial charge is 0.370 e. The smallest absolute Gasteiger partial charge is 0.188 e. The summed E-state index contributed by atoms with van der Waals surface area (Å²) >= 11 is 1.82. The number of aromatic nitrogens is 1. The van der Waals surface area contributed by atoms with Crippen LogP contribution in [0, 0.1) is 0 Å². The molecule has 1 aromatic rings. The molecule has 0 aliphatic rings. The normalized spacial score (nSPS) is 11.9. The van der Waals surface area contributed by atoms with Crippen LogP contribution in [-0.4, -0.2) is 49.3 Å². The molecule has 0 aromatic carbocycles. The molecule has 0 fully saturated rings. The van der Waals surface area contributed by atoms with Gasteiger partial charge >= 0.3 is 0 Å². The first-order chi connectivity index (χ1) is 9.11. The lowest BCUT2D eigenvalue weighted by atomic mass is 10.2. The van der Waals surface area contributed by atoms with E-state index in [-0.39, 0.29) is 0 Å². The molecule has 0 bridgehead atoms. The summed E-state index contributed by atoms with van der Waals surface area (Å²) in [5.74, 6) is 2.35. The summed E-state index contributed by atoms with van der Waals surface area (Å²) in [6, 6.07) is 4.23. The Hall–Kier alpha value is -1.27. The monoisotopic (exact) mass is 281 g/mol. The number of hydrogen-bond donors (Lipinski definition) is 2. The molecule has 106 valence electrons. The molecule has 0 radical (unpaired) electrons. The molecular weight excluding hydrogens is 258 g/mol. The molecule has 1 rings (SSSR count). The summed E-state index contributed by atoms with van der Waals surface area (Å²) in [6.07, 6.45) is 1.88. The zero-order chi connectivity index (χ0) is 14.1. The van der Waals surface area contributed by atoms with Crippen molar-refractivity contribution in [3.8, 4) is 0 Å². The van der Waals surface area contributed by atoms with E-state index in [9.17, 15) is 0 Å². The van der Waals surface area contributed by atoms with Gasteiger partial charge in [0, 0.05) is 31.3 Å². The van der Waals surface area contributed by atoms with Crippen LogP contribution in [0.25, 0.3) is 0 Å². The third-order valence-electron chi connectivity index (χ3n) is 2.40. The predicted octanol–water partition coefficient (Wildman–Crippen LogP) is 0.911. The molecule has 0 atom stereocenters. The molecule has 0 spiro atoms. The number of hydrogen-bond acceptors (Lipinski definition) is 4. The fraction of sp³-hybridized carbons (Fsp3) is 0.538. The third kappa shape index (κ3) is 7.03. The van der Waals surface area contributed by atoms with E-state index in [4.69, 9.17) is 5.73 Å². The van der Waals surface area contributed by atoms with Crippen LogP contribution in [0.3, 0.4) is 0 Å². The fourth-order valence-corrected chi connectivity index (χ4v) is 2.29. The van der Waals surface area contributed by atoms with Crippen molar-refractivity contribution in [1.29, 1.82) is 0 Å². The summed E-state index contributed by atoms with van der Waals surface area (Å²) in [4.78, 5) is 10.7. The minimum absolute atomic E-state index is 0.492. The summed E-state index contributed by atoms with van der Waals surface area (Å²) in [5, 5.41) is 2.80. The molecule has 5 nitrogen and oxygen atoms in total. The van der Waals surface area contributed by atoms with Crippen LogP contribution in [0.1, 0.15) is 11.3 Å². The van der Waals surface area contributed by atoms with E-state index in [1.165, 1.54) is 5.56 Å².